The standard InChI is InChI=1S/C10H12BrNO2S/c1-6-4-7(11)5-12-8(6)15-10(2,3)9(13)14/h4-5H,1-3H3,(H,13,14). The molecule has 1 rings (SSSR count). The topological polar surface area (TPSA) is 50.2 Å². The lowest BCUT2D eigenvalue weighted by molar-refractivity contribution is -0.138. The van der Waals surface area contributed by atoms with Crippen LogP contribution in [-0.2, 0) is 4.79 Å². The fraction of sp³-hybridized carbons (Fsp3) is 0.400. The molecule has 0 aliphatic heterocycles. The number of pyridine rings is 1. The quantitative estimate of drug-likeness (QED) is 0.869. The van der Waals surface area contributed by atoms with E-state index in [1.54, 1.807) is 20.0 Å². The third-order valence-corrected chi connectivity index (χ3v) is 3.60. The highest BCUT2D eigenvalue weighted by Crippen LogP contribution is 2.33. The molecule has 0 fully saturated rings. The largest absolute Gasteiger partial charge is 0.480 e. The Labute approximate surface area is 101 Å². The predicted octanol–water partition coefficient (Wildman–Crippen LogP) is 3.11. The molecule has 1 aromatic heterocycles. The van der Waals surface area contributed by atoms with Crippen molar-refractivity contribution in [2.24, 2.45) is 0 Å². The van der Waals surface area contributed by atoms with Gasteiger partial charge in [-0.2, -0.15) is 0 Å². The van der Waals surface area contributed by atoms with Gasteiger partial charge in [-0.05, 0) is 48.3 Å². The summed E-state index contributed by atoms with van der Waals surface area (Å²) in [6.07, 6.45) is 1.67. The van der Waals surface area contributed by atoms with Crippen LogP contribution in [0, 0.1) is 6.92 Å². The second-order valence-corrected chi connectivity index (χ2v) is 6.22. The first kappa shape index (κ1) is 12.5. The summed E-state index contributed by atoms with van der Waals surface area (Å²) in [7, 11) is 0. The van der Waals surface area contributed by atoms with E-state index < -0.39 is 10.7 Å². The SMILES string of the molecule is Cc1cc(Br)cnc1SC(C)(C)C(=O)O. The number of carboxylic acids is 1. The molecule has 1 aromatic rings. The number of aryl methyl sites for hydroxylation is 1. The zero-order valence-corrected chi connectivity index (χ0v) is 11.1. The molecule has 0 saturated carbocycles. The van der Waals surface area contributed by atoms with Gasteiger partial charge in [0.05, 0.1) is 0 Å². The second kappa shape index (κ2) is 4.53. The highest BCUT2D eigenvalue weighted by molar-refractivity contribution is 9.10. The van der Waals surface area contributed by atoms with Crippen LogP contribution in [0.5, 0.6) is 0 Å². The summed E-state index contributed by atoms with van der Waals surface area (Å²) in [5.74, 6) is -0.836. The van der Waals surface area contributed by atoms with Gasteiger partial charge in [-0.15, -0.1) is 0 Å². The van der Waals surface area contributed by atoms with Crippen molar-refractivity contribution >= 4 is 33.7 Å². The molecular weight excluding hydrogens is 278 g/mol. The van der Waals surface area contributed by atoms with Crippen LogP contribution in [0.3, 0.4) is 0 Å². The van der Waals surface area contributed by atoms with Gasteiger partial charge in [0.25, 0.3) is 0 Å². The number of aliphatic carboxylic acids is 1. The monoisotopic (exact) mass is 289 g/mol. The van der Waals surface area contributed by atoms with Crippen LogP contribution in [0.1, 0.15) is 19.4 Å². The van der Waals surface area contributed by atoms with Crippen LogP contribution in [0.25, 0.3) is 0 Å². The van der Waals surface area contributed by atoms with Crippen molar-refractivity contribution in [2.45, 2.75) is 30.5 Å². The molecule has 82 valence electrons. The lowest BCUT2D eigenvalue weighted by Crippen LogP contribution is -2.27. The van der Waals surface area contributed by atoms with E-state index >= 15 is 0 Å². The molecule has 0 saturated heterocycles. The molecule has 5 heteroatoms. The zero-order chi connectivity index (χ0) is 11.6. The third-order valence-electron chi connectivity index (χ3n) is 1.86. The second-order valence-electron chi connectivity index (χ2n) is 3.69. The van der Waals surface area contributed by atoms with Gasteiger partial charge in [-0.1, -0.05) is 11.8 Å². The van der Waals surface area contributed by atoms with Crippen molar-refractivity contribution in [2.75, 3.05) is 0 Å². The van der Waals surface area contributed by atoms with E-state index in [0.717, 1.165) is 15.1 Å². The Balaban J connectivity index is 2.95. The van der Waals surface area contributed by atoms with Crippen molar-refractivity contribution in [3.05, 3.63) is 22.3 Å². The molecule has 0 aromatic carbocycles. The number of carboxylic acid groups (broad SMARTS) is 1. The highest BCUT2D eigenvalue weighted by atomic mass is 79.9. The molecule has 0 bridgehead atoms. The van der Waals surface area contributed by atoms with Crippen molar-refractivity contribution in [1.82, 2.24) is 4.98 Å². The molecule has 0 spiro atoms. The Morgan fingerprint density at radius 1 is 1.60 bits per heavy atom. The molecule has 0 aliphatic rings. The number of rotatable bonds is 3. The number of hydrogen-bond acceptors (Lipinski definition) is 3. The molecule has 1 heterocycles. The highest BCUT2D eigenvalue weighted by Gasteiger charge is 2.29. The van der Waals surface area contributed by atoms with Gasteiger partial charge in [0.2, 0.25) is 0 Å². The van der Waals surface area contributed by atoms with E-state index in [9.17, 15) is 4.79 Å². The van der Waals surface area contributed by atoms with Crippen molar-refractivity contribution in [1.29, 1.82) is 0 Å². The first-order chi connectivity index (χ1) is 6.83. The number of carbonyl (C=O) groups is 1. The molecule has 0 amide bonds. The summed E-state index contributed by atoms with van der Waals surface area (Å²) in [6.45, 7) is 5.25. The Morgan fingerprint density at radius 2 is 2.20 bits per heavy atom. The van der Waals surface area contributed by atoms with Gasteiger partial charge in [0.15, 0.2) is 0 Å². The Bertz CT molecular complexity index is 393. The fourth-order valence-corrected chi connectivity index (χ4v) is 2.26. The van der Waals surface area contributed by atoms with E-state index in [4.69, 9.17) is 5.11 Å². The van der Waals surface area contributed by atoms with Crippen LogP contribution >= 0.6 is 27.7 Å². The lowest BCUT2D eigenvalue weighted by atomic mass is 10.2. The number of hydrogen-bond donors (Lipinski definition) is 1. The molecule has 0 unspecified atom stereocenters. The average molecular weight is 290 g/mol. The Morgan fingerprint density at radius 3 is 2.67 bits per heavy atom. The average Bonchev–Trinajstić information content (AvgIpc) is 2.09. The minimum atomic E-state index is -0.856. The maximum atomic E-state index is 10.9. The third kappa shape index (κ3) is 3.21. The summed E-state index contributed by atoms with van der Waals surface area (Å²) in [5.41, 5.74) is 0.976. The maximum Gasteiger partial charge on any atom is 0.319 e. The Hall–Kier alpha value is -0.550. The summed E-state index contributed by atoms with van der Waals surface area (Å²) >= 11 is 4.57. The van der Waals surface area contributed by atoms with Crippen molar-refractivity contribution < 1.29 is 9.90 Å². The van der Waals surface area contributed by atoms with Gasteiger partial charge in [-0.25, -0.2) is 4.98 Å². The smallest absolute Gasteiger partial charge is 0.319 e. The molecule has 1 N–H and O–H groups in total. The van der Waals surface area contributed by atoms with Crippen molar-refractivity contribution in [3.8, 4) is 0 Å². The van der Waals surface area contributed by atoms with E-state index in [0.29, 0.717) is 0 Å². The summed E-state index contributed by atoms with van der Waals surface area (Å²) in [5, 5.41) is 9.75. The number of aromatic nitrogens is 1. The van der Waals surface area contributed by atoms with E-state index in [2.05, 4.69) is 20.9 Å². The van der Waals surface area contributed by atoms with Crippen molar-refractivity contribution in [3.63, 3.8) is 0 Å². The first-order valence-corrected chi connectivity index (χ1v) is 5.98. The van der Waals surface area contributed by atoms with Crippen LogP contribution < -0.4 is 0 Å². The van der Waals surface area contributed by atoms with Gasteiger partial charge in [0, 0.05) is 10.7 Å². The van der Waals surface area contributed by atoms with Gasteiger partial charge < -0.3 is 5.11 Å². The van der Waals surface area contributed by atoms with Crippen LogP contribution in [-0.4, -0.2) is 20.8 Å². The minimum absolute atomic E-state index is 0.755. The molecular formula is C10H12BrNO2S. The molecule has 0 atom stereocenters. The number of halogens is 1. The summed E-state index contributed by atoms with van der Waals surface area (Å²) < 4.78 is 0.0449. The number of thioether (sulfide) groups is 1. The lowest BCUT2D eigenvalue weighted by Gasteiger charge is -2.18. The number of nitrogens with zero attached hydrogens (tertiary/aromatic N) is 1. The van der Waals surface area contributed by atoms with Crippen LogP contribution in [0.2, 0.25) is 0 Å². The van der Waals surface area contributed by atoms with E-state index in [1.165, 1.54) is 11.8 Å². The summed E-state index contributed by atoms with van der Waals surface area (Å²) in [4.78, 5) is 15.1. The predicted molar refractivity (Wildman–Crippen MR) is 64.2 cm³/mol. The Kier molecular flexibility index (Phi) is 3.78. The molecule has 0 radical (unpaired) electrons. The fourth-order valence-electron chi connectivity index (χ4n) is 0.920. The van der Waals surface area contributed by atoms with E-state index in [-0.39, 0.29) is 0 Å². The molecule has 15 heavy (non-hydrogen) atoms. The van der Waals surface area contributed by atoms with Gasteiger partial charge in [-0.3, -0.25) is 4.79 Å². The van der Waals surface area contributed by atoms with E-state index in [1.807, 2.05) is 13.0 Å². The first-order valence-electron chi connectivity index (χ1n) is 4.37. The normalized spacial score (nSPS) is 11.5. The van der Waals surface area contributed by atoms with Crippen LogP contribution in [0.15, 0.2) is 21.8 Å². The van der Waals surface area contributed by atoms with Crippen LogP contribution in [0.4, 0.5) is 0 Å². The minimum Gasteiger partial charge on any atom is -0.480 e. The molecule has 3 nitrogen and oxygen atoms in total. The van der Waals surface area contributed by atoms with Gasteiger partial charge in [0.1, 0.15) is 9.77 Å². The summed E-state index contributed by atoms with van der Waals surface area (Å²) in [6, 6.07) is 1.92. The zero-order valence-electron chi connectivity index (χ0n) is 8.74. The maximum absolute atomic E-state index is 10.9. The van der Waals surface area contributed by atoms with Gasteiger partial charge >= 0.3 is 5.97 Å². The molecule has 0 aliphatic carbocycles.